The third-order valence-electron chi connectivity index (χ3n) is 6.32. The Morgan fingerprint density at radius 1 is 1.22 bits per heavy atom. The molecular formula is C20H33Cl2N3O2. The number of rotatable bonds is 5. The average Bonchev–Trinajstić information content (AvgIpc) is 3.35. The lowest BCUT2D eigenvalue weighted by Gasteiger charge is -2.26. The Morgan fingerprint density at radius 3 is 2.63 bits per heavy atom. The summed E-state index contributed by atoms with van der Waals surface area (Å²) in [5.41, 5.74) is 0. The summed E-state index contributed by atoms with van der Waals surface area (Å²) in [7, 11) is 0. The number of hydrogen-bond acceptors (Lipinski definition) is 4. The van der Waals surface area contributed by atoms with E-state index in [1.807, 2.05) is 13.0 Å². The molecule has 0 aromatic carbocycles. The van der Waals surface area contributed by atoms with E-state index in [-0.39, 0.29) is 42.8 Å². The lowest BCUT2D eigenvalue weighted by atomic mass is 9.85. The van der Waals surface area contributed by atoms with Crippen LogP contribution in [0.3, 0.4) is 0 Å². The van der Waals surface area contributed by atoms with E-state index in [0.717, 1.165) is 31.0 Å². The molecule has 0 spiro atoms. The lowest BCUT2D eigenvalue weighted by molar-refractivity contribution is -0.123. The van der Waals surface area contributed by atoms with E-state index in [9.17, 15) is 4.79 Å². The molecule has 154 valence electrons. The number of fused-ring (bicyclic) bond motifs is 1. The van der Waals surface area contributed by atoms with Gasteiger partial charge in [-0.1, -0.05) is 12.8 Å². The predicted molar refractivity (Wildman–Crippen MR) is 112 cm³/mol. The van der Waals surface area contributed by atoms with E-state index >= 15 is 0 Å². The van der Waals surface area contributed by atoms with E-state index in [4.69, 9.17) is 4.42 Å². The first-order valence-electron chi connectivity index (χ1n) is 10.0. The Labute approximate surface area is 174 Å². The molecule has 0 bridgehead atoms. The van der Waals surface area contributed by atoms with Crippen molar-refractivity contribution in [2.24, 2.45) is 5.92 Å². The van der Waals surface area contributed by atoms with Crippen LogP contribution in [-0.4, -0.2) is 42.5 Å². The highest BCUT2D eigenvalue weighted by atomic mass is 35.5. The fourth-order valence-electron chi connectivity index (χ4n) is 4.94. The molecule has 1 aromatic heterocycles. The first kappa shape index (κ1) is 22.5. The molecule has 27 heavy (non-hydrogen) atoms. The van der Waals surface area contributed by atoms with Crippen LogP contribution in [0.15, 0.2) is 16.5 Å². The average molecular weight is 418 g/mol. The molecule has 2 saturated heterocycles. The molecule has 4 rings (SSSR count). The number of hydrogen-bond donors (Lipinski definition) is 2. The minimum Gasteiger partial charge on any atom is -0.465 e. The number of nitrogens with one attached hydrogen (secondary N) is 2. The molecule has 4 atom stereocenters. The maximum absolute atomic E-state index is 12.7. The number of aryl methyl sites for hydroxylation is 1. The number of carbonyl (C=O) groups excluding carboxylic acids is 1. The van der Waals surface area contributed by atoms with Gasteiger partial charge >= 0.3 is 0 Å². The molecule has 1 aliphatic carbocycles. The number of carbonyl (C=O) groups is 1. The van der Waals surface area contributed by atoms with Crippen LogP contribution >= 0.6 is 24.8 Å². The summed E-state index contributed by atoms with van der Waals surface area (Å²) < 4.78 is 5.88. The molecule has 1 saturated carbocycles. The van der Waals surface area contributed by atoms with Crippen molar-refractivity contribution in [1.82, 2.24) is 15.5 Å². The normalized spacial score (nSPS) is 28.7. The summed E-state index contributed by atoms with van der Waals surface area (Å²) in [5, 5.41) is 6.80. The van der Waals surface area contributed by atoms with E-state index in [2.05, 4.69) is 21.6 Å². The summed E-state index contributed by atoms with van der Waals surface area (Å²) in [4.78, 5) is 15.2. The van der Waals surface area contributed by atoms with Gasteiger partial charge in [-0.15, -0.1) is 24.8 Å². The zero-order valence-electron chi connectivity index (χ0n) is 16.1. The Hall–Kier alpha value is -0.750. The van der Waals surface area contributed by atoms with Crippen molar-refractivity contribution < 1.29 is 9.21 Å². The molecule has 5 nitrogen and oxygen atoms in total. The zero-order chi connectivity index (χ0) is 17.2. The van der Waals surface area contributed by atoms with Crippen LogP contribution in [0.25, 0.3) is 0 Å². The fourth-order valence-corrected chi connectivity index (χ4v) is 4.94. The predicted octanol–water partition coefficient (Wildman–Crippen LogP) is 3.61. The molecule has 7 heteroatoms. The molecule has 4 unspecified atom stereocenters. The number of nitrogens with zero attached hydrogens (tertiary/aromatic N) is 1. The Bertz CT molecular complexity index is 590. The van der Waals surface area contributed by atoms with Gasteiger partial charge in [0, 0.05) is 12.6 Å². The molecule has 3 heterocycles. The summed E-state index contributed by atoms with van der Waals surface area (Å²) in [6, 6.07) is 4.79. The third-order valence-corrected chi connectivity index (χ3v) is 6.32. The molecule has 1 aromatic rings. The molecule has 2 N–H and O–H groups in total. The van der Waals surface area contributed by atoms with Crippen LogP contribution in [0.2, 0.25) is 0 Å². The minimum atomic E-state index is -0.00864. The van der Waals surface area contributed by atoms with Gasteiger partial charge < -0.3 is 15.1 Å². The highest BCUT2D eigenvalue weighted by Crippen LogP contribution is 2.33. The lowest BCUT2D eigenvalue weighted by Crippen LogP contribution is -2.45. The minimum absolute atomic E-state index is 0. The van der Waals surface area contributed by atoms with Crippen LogP contribution < -0.4 is 10.6 Å². The van der Waals surface area contributed by atoms with Crippen LogP contribution in [0.4, 0.5) is 0 Å². The van der Waals surface area contributed by atoms with Crippen LogP contribution in [-0.2, 0) is 4.79 Å². The van der Waals surface area contributed by atoms with E-state index in [1.54, 1.807) is 0 Å². The molecular weight excluding hydrogens is 385 g/mol. The molecule has 3 aliphatic rings. The van der Waals surface area contributed by atoms with Gasteiger partial charge in [-0.05, 0) is 70.2 Å². The van der Waals surface area contributed by atoms with Crippen LogP contribution in [0, 0.1) is 12.8 Å². The van der Waals surface area contributed by atoms with E-state index in [1.165, 1.54) is 38.5 Å². The van der Waals surface area contributed by atoms with Crippen molar-refractivity contribution in [2.45, 2.75) is 70.0 Å². The van der Waals surface area contributed by atoms with Gasteiger partial charge in [0.15, 0.2) is 0 Å². The van der Waals surface area contributed by atoms with E-state index < -0.39 is 0 Å². The number of halogens is 2. The van der Waals surface area contributed by atoms with Gasteiger partial charge in [0.2, 0.25) is 5.91 Å². The highest BCUT2D eigenvalue weighted by molar-refractivity contribution is 5.85. The monoisotopic (exact) mass is 417 g/mol. The summed E-state index contributed by atoms with van der Waals surface area (Å²) >= 11 is 0. The number of furan rings is 1. The third kappa shape index (κ3) is 5.20. The summed E-state index contributed by atoms with van der Waals surface area (Å²) in [5.74, 6) is 2.79. The summed E-state index contributed by atoms with van der Waals surface area (Å²) in [6.07, 6.45) is 8.61. The largest absolute Gasteiger partial charge is 0.465 e. The topological polar surface area (TPSA) is 57.5 Å². The van der Waals surface area contributed by atoms with Crippen molar-refractivity contribution in [2.75, 3.05) is 19.6 Å². The van der Waals surface area contributed by atoms with Gasteiger partial charge in [0.25, 0.3) is 0 Å². The van der Waals surface area contributed by atoms with Gasteiger partial charge in [-0.2, -0.15) is 0 Å². The molecule has 1 amide bonds. The van der Waals surface area contributed by atoms with Crippen LogP contribution in [0.1, 0.15) is 62.5 Å². The quantitative estimate of drug-likeness (QED) is 0.767. The van der Waals surface area contributed by atoms with Crippen molar-refractivity contribution in [3.05, 3.63) is 23.7 Å². The molecule has 3 fully saturated rings. The molecule has 2 aliphatic heterocycles. The smallest absolute Gasteiger partial charge is 0.237 e. The standard InChI is InChI=1S/C20H31N3O2.2ClH/c1-14-8-9-19(25-14)18(23-10-4-5-11-23)13-21-20(24)17-12-15-6-2-3-7-16(15)22-17;;/h8-9,15-18,22H,2-7,10-13H2,1H3,(H,21,24);2*1H. The molecule has 0 radical (unpaired) electrons. The van der Waals surface area contributed by atoms with Crippen LogP contribution in [0.5, 0.6) is 0 Å². The maximum atomic E-state index is 12.7. The first-order chi connectivity index (χ1) is 12.2. The SMILES string of the molecule is Cc1ccc(C(CNC(=O)C2CC3CCCCC3N2)N2CCCC2)o1.Cl.Cl. The number of likely N-dealkylation sites (tertiary alicyclic amines) is 1. The Morgan fingerprint density at radius 2 is 1.96 bits per heavy atom. The Balaban J connectivity index is 0.00000131. The van der Waals surface area contributed by atoms with Gasteiger partial charge in [-0.25, -0.2) is 0 Å². The van der Waals surface area contributed by atoms with Crippen molar-refractivity contribution in [1.29, 1.82) is 0 Å². The van der Waals surface area contributed by atoms with Crippen molar-refractivity contribution >= 4 is 30.7 Å². The number of amides is 1. The first-order valence-corrected chi connectivity index (χ1v) is 10.0. The highest BCUT2D eigenvalue weighted by Gasteiger charge is 2.38. The second-order valence-electron chi connectivity index (χ2n) is 8.06. The maximum Gasteiger partial charge on any atom is 0.237 e. The van der Waals surface area contributed by atoms with Gasteiger partial charge in [0.1, 0.15) is 11.5 Å². The Kier molecular flexibility index (Phi) is 8.47. The summed E-state index contributed by atoms with van der Waals surface area (Å²) in [6.45, 7) is 4.80. The van der Waals surface area contributed by atoms with Gasteiger partial charge in [-0.3, -0.25) is 9.69 Å². The van der Waals surface area contributed by atoms with Crippen molar-refractivity contribution in [3.63, 3.8) is 0 Å². The second-order valence-corrected chi connectivity index (χ2v) is 8.06. The van der Waals surface area contributed by atoms with Gasteiger partial charge in [0.05, 0.1) is 12.1 Å². The van der Waals surface area contributed by atoms with E-state index in [0.29, 0.717) is 18.5 Å². The fraction of sp³-hybridized carbons (Fsp3) is 0.750. The zero-order valence-corrected chi connectivity index (χ0v) is 17.7. The van der Waals surface area contributed by atoms with Crippen molar-refractivity contribution in [3.8, 4) is 0 Å². The second kappa shape index (κ2) is 10.1.